The van der Waals surface area contributed by atoms with Gasteiger partial charge in [0.15, 0.2) is 5.82 Å². The van der Waals surface area contributed by atoms with Gasteiger partial charge in [0.1, 0.15) is 11.8 Å². The molecule has 8 heteroatoms. The molecule has 1 saturated heterocycles. The Balaban J connectivity index is 1.23. The summed E-state index contributed by atoms with van der Waals surface area (Å²) in [6, 6.07) is 27.8. The Hall–Kier alpha value is -4.14. The molecule has 39 heavy (non-hydrogen) atoms. The van der Waals surface area contributed by atoms with Gasteiger partial charge in [0, 0.05) is 53.8 Å². The van der Waals surface area contributed by atoms with Gasteiger partial charge in [-0.15, -0.1) is 0 Å². The molecule has 1 aliphatic heterocycles. The topological polar surface area (TPSA) is 77.3 Å². The summed E-state index contributed by atoms with van der Waals surface area (Å²) in [5.41, 5.74) is 14.9. The summed E-state index contributed by atoms with van der Waals surface area (Å²) < 4.78 is 3.90. The molecule has 4 heterocycles. The van der Waals surface area contributed by atoms with Crippen molar-refractivity contribution in [1.82, 2.24) is 29.3 Å². The van der Waals surface area contributed by atoms with Gasteiger partial charge < -0.3 is 5.73 Å². The molecule has 0 saturated carbocycles. The lowest BCUT2D eigenvalue weighted by atomic mass is 10.0. The fourth-order valence-corrected chi connectivity index (χ4v) is 6.36. The first-order valence-electron chi connectivity index (χ1n) is 13.2. The van der Waals surface area contributed by atoms with Crippen LogP contribution in [0.15, 0.2) is 91.4 Å². The maximum atomic E-state index is 6.42. The van der Waals surface area contributed by atoms with E-state index in [0.29, 0.717) is 5.82 Å². The second kappa shape index (κ2) is 10.2. The summed E-state index contributed by atoms with van der Waals surface area (Å²) >= 11 is 2.04. The Morgan fingerprint density at radius 1 is 0.821 bits per heavy atom. The van der Waals surface area contributed by atoms with Crippen LogP contribution in [0, 0.1) is 0 Å². The highest BCUT2D eigenvalue weighted by Crippen LogP contribution is 2.36. The third kappa shape index (κ3) is 4.77. The molecule has 0 bridgehead atoms. The Bertz CT molecular complexity index is 1750. The van der Waals surface area contributed by atoms with Crippen LogP contribution in [0.25, 0.3) is 38.8 Å². The van der Waals surface area contributed by atoms with Gasteiger partial charge in [-0.05, 0) is 28.8 Å². The van der Waals surface area contributed by atoms with Gasteiger partial charge >= 0.3 is 0 Å². The van der Waals surface area contributed by atoms with Crippen LogP contribution in [0.1, 0.15) is 11.1 Å². The number of hydrogen-bond acceptors (Lipinski definition) is 6. The van der Waals surface area contributed by atoms with E-state index < -0.39 is 0 Å². The highest BCUT2D eigenvalue weighted by atomic mass is 32.2. The SMILES string of the molecule is Nc1ncnn2c(-c3ccc(CN4CCSCC4)cc3)cc(-c3ccc4cn(Cc5ccccc5)nc4c3)c12. The van der Waals surface area contributed by atoms with E-state index in [0.717, 1.165) is 65.0 Å². The fourth-order valence-electron chi connectivity index (χ4n) is 5.38. The second-order valence-corrected chi connectivity index (χ2v) is 11.2. The Morgan fingerprint density at radius 2 is 1.59 bits per heavy atom. The number of thioether (sulfide) groups is 1. The molecular formula is C31H29N7S. The van der Waals surface area contributed by atoms with Gasteiger partial charge in [-0.1, -0.05) is 66.7 Å². The van der Waals surface area contributed by atoms with E-state index in [1.54, 1.807) is 0 Å². The molecule has 7 rings (SSSR count). The van der Waals surface area contributed by atoms with Gasteiger partial charge in [0.05, 0.1) is 17.8 Å². The minimum absolute atomic E-state index is 0.459. The standard InChI is InChI=1S/C31H29N7S/c32-31-30-27(25-10-11-26-20-37(35-28(26)16-25)19-22-4-2-1-3-5-22)17-29(38(30)34-21-33-31)24-8-6-23(7-9-24)18-36-12-14-39-15-13-36/h1-11,16-17,20-21H,12-15,18-19H2,(H2,32,33,34). The van der Waals surface area contributed by atoms with E-state index in [1.807, 2.05) is 27.0 Å². The van der Waals surface area contributed by atoms with Crippen LogP contribution in [-0.2, 0) is 13.1 Å². The predicted molar refractivity (Wildman–Crippen MR) is 160 cm³/mol. The Labute approximate surface area is 231 Å². The smallest absolute Gasteiger partial charge is 0.152 e. The van der Waals surface area contributed by atoms with Crippen molar-refractivity contribution in [2.24, 2.45) is 0 Å². The minimum atomic E-state index is 0.459. The highest BCUT2D eigenvalue weighted by molar-refractivity contribution is 7.99. The molecule has 1 aliphatic rings. The number of benzene rings is 3. The third-order valence-corrected chi connectivity index (χ3v) is 8.34. The Morgan fingerprint density at radius 3 is 2.41 bits per heavy atom. The van der Waals surface area contributed by atoms with Crippen molar-refractivity contribution >= 4 is 34.0 Å². The van der Waals surface area contributed by atoms with Crippen LogP contribution in [-0.4, -0.2) is 53.9 Å². The van der Waals surface area contributed by atoms with Crippen molar-refractivity contribution < 1.29 is 0 Å². The molecular weight excluding hydrogens is 502 g/mol. The molecule has 0 spiro atoms. The Kier molecular flexibility index (Phi) is 6.26. The molecule has 0 aliphatic carbocycles. The van der Waals surface area contributed by atoms with E-state index in [9.17, 15) is 0 Å². The summed E-state index contributed by atoms with van der Waals surface area (Å²) in [6.07, 6.45) is 3.62. The zero-order chi connectivity index (χ0) is 26.2. The summed E-state index contributed by atoms with van der Waals surface area (Å²) in [7, 11) is 0. The first kappa shape index (κ1) is 23.9. The number of aromatic nitrogens is 5. The summed E-state index contributed by atoms with van der Waals surface area (Å²) in [6.45, 7) is 4.04. The number of anilines is 1. The van der Waals surface area contributed by atoms with Crippen LogP contribution in [0.4, 0.5) is 5.82 Å². The number of nitrogen functional groups attached to an aromatic ring is 1. The predicted octanol–water partition coefficient (Wildman–Crippen LogP) is 5.59. The lowest BCUT2D eigenvalue weighted by Gasteiger charge is -2.26. The van der Waals surface area contributed by atoms with Crippen LogP contribution in [0.3, 0.4) is 0 Å². The monoisotopic (exact) mass is 531 g/mol. The molecule has 0 amide bonds. The van der Waals surface area contributed by atoms with Crippen molar-refractivity contribution in [3.05, 3.63) is 103 Å². The lowest BCUT2D eigenvalue weighted by molar-refractivity contribution is 0.294. The fraction of sp³-hybridized carbons (Fsp3) is 0.194. The molecule has 6 aromatic rings. The maximum Gasteiger partial charge on any atom is 0.152 e. The zero-order valence-electron chi connectivity index (χ0n) is 21.6. The van der Waals surface area contributed by atoms with E-state index in [4.69, 9.17) is 10.8 Å². The highest BCUT2D eigenvalue weighted by Gasteiger charge is 2.18. The number of hydrogen-bond donors (Lipinski definition) is 1. The average molecular weight is 532 g/mol. The van der Waals surface area contributed by atoms with E-state index in [1.165, 1.54) is 29.0 Å². The quantitative estimate of drug-likeness (QED) is 0.302. The number of rotatable bonds is 6. The minimum Gasteiger partial charge on any atom is -0.382 e. The van der Waals surface area contributed by atoms with Gasteiger partial charge in [0.25, 0.3) is 0 Å². The maximum absolute atomic E-state index is 6.42. The average Bonchev–Trinajstić information content (AvgIpc) is 3.56. The van der Waals surface area contributed by atoms with Crippen molar-refractivity contribution in [3.8, 4) is 22.4 Å². The van der Waals surface area contributed by atoms with E-state index in [-0.39, 0.29) is 0 Å². The van der Waals surface area contributed by atoms with Crippen LogP contribution in [0.2, 0.25) is 0 Å². The molecule has 1 fully saturated rings. The first-order chi connectivity index (χ1) is 19.2. The molecule has 0 atom stereocenters. The molecule has 0 unspecified atom stereocenters. The van der Waals surface area contributed by atoms with Crippen molar-refractivity contribution in [2.75, 3.05) is 30.3 Å². The van der Waals surface area contributed by atoms with E-state index >= 15 is 0 Å². The van der Waals surface area contributed by atoms with Gasteiger partial charge in [-0.3, -0.25) is 9.58 Å². The van der Waals surface area contributed by atoms with Crippen LogP contribution >= 0.6 is 11.8 Å². The second-order valence-electron chi connectivity index (χ2n) is 10.0. The molecule has 0 radical (unpaired) electrons. The van der Waals surface area contributed by atoms with Crippen LogP contribution < -0.4 is 5.73 Å². The van der Waals surface area contributed by atoms with Crippen LogP contribution in [0.5, 0.6) is 0 Å². The molecule has 7 nitrogen and oxygen atoms in total. The van der Waals surface area contributed by atoms with Crippen molar-refractivity contribution in [2.45, 2.75) is 13.1 Å². The molecule has 2 N–H and O–H groups in total. The number of nitrogens with two attached hydrogens (primary N) is 1. The molecule has 194 valence electrons. The van der Waals surface area contributed by atoms with Crippen molar-refractivity contribution in [1.29, 1.82) is 0 Å². The number of nitrogens with zero attached hydrogens (tertiary/aromatic N) is 6. The normalized spacial score (nSPS) is 14.4. The van der Waals surface area contributed by atoms with Gasteiger partial charge in [0.2, 0.25) is 0 Å². The summed E-state index contributed by atoms with van der Waals surface area (Å²) in [4.78, 5) is 6.84. The first-order valence-corrected chi connectivity index (χ1v) is 14.4. The third-order valence-electron chi connectivity index (χ3n) is 7.40. The molecule has 3 aromatic carbocycles. The van der Waals surface area contributed by atoms with Gasteiger partial charge in [-0.2, -0.15) is 22.0 Å². The summed E-state index contributed by atoms with van der Waals surface area (Å²) in [5.74, 6) is 2.90. The van der Waals surface area contributed by atoms with E-state index in [2.05, 4.69) is 94.0 Å². The van der Waals surface area contributed by atoms with Gasteiger partial charge in [-0.25, -0.2) is 9.50 Å². The summed E-state index contributed by atoms with van der Waals surface area (Å²) in [5, 5.41) is 10.6. The zero-order valence-corrected chi connectivity index (χ0v) is 22.4. The molecule has 3 aromatic heterocycles. The largest absolute Gasteiger partial charge is 0.382 e. The lowest BCUT2D eigenvalue weighted by Crippen LogP contribution is -2.31. The van der Waals surface area contributed by atoms with Crippen molar-refractivity contribution in [3.63, 3.8) is 0 Å². The number of fused-ring (bicyclic) bond motifs is 2.